The van der Waals surface area contributed by atoms with Crippen molar-refractivity contribution in [3.05, 3.63) is 28.6 Å². The third kappa shape index (κ3) is 2.37. The number of hydrogen-bond donors (Lipinski definition) is 2. The van der Waals surface area contributed by atoms with Gasteiger partial charge in [-0.2, -0.15) is 0 Å². The van der Waals surface area contributed by atoms with E-state index in [0.717, 1.165) is 0 Å². The number of rotatable bonds is 2. The maximum Gasteiger partial charge on any atom is 0.229 e. The molecular formula is C9H11N3O4S. The van der Waals surface area contributed by atoms with Crippen LogP contribution in [0.2, 0.25) is 0 Å². The van der Waals surface area contributed by atoms with Crippen molar-refractivity contribution in [2.24, 2.45) is 5.14 Å². The number of carbonyl (C=O) groups excluding carboxylic acids is 1. The Kier molecular flexibility index (Phi) is 2.76. The lowest BCUT2D eigenvalue weighted by atomic mass is 10.4. The smallest absolute Gasteiger partial charge is 0.229 e. The highest BCUT2D eigenvalue weighted by molar-refractivity contribution is 7.89. The first-order valence-corrected chi connectivity index (χ1v) is 6.49. The Morgan fingerprint density at radius 3 is 2.65 bits per heavy atom. The molecule has 1 aliphatic rings. The maximum absolute atomic E-state index is 11.6. The maximum atomic E-state index is 11.6. The molecule has 1 atom stereocenters. The zero-order valence-electron chi connectivity index (χ0n) is 8.79. The first-order valence-electron chi connectivity index (χ1n) is 4.88. The largest absolute Gasteiger partial charge is 0.348 e. The summed E-state index contributed by atoms with van der Waals surface area (Å²) in [5, 5.41) is 4.08. The van der Waals surface area contributed by atoms with E-state index in [1.807, 2.05) is 0 Å². The molecule has 3 N–H and O–H groups in total. The molecule has 2 heterocycles. The number of H-pyrrole nitrogens is 1. The summed E-state index contributed by atoms with van der Waals surface area (Å²) in [5.41, 5.74) is -0.259. The number of anilines is 1. The normalized spacial score (nSPS) is 20.9. The van der Waals surface area contributed by atoms with Crippen molar-refractivity contribution in [1.82, 2.24) is 4.98 Å². The molecule has 1 saturated heterocycles. The van der Waals surface area contributed by atoms with Crippen LogP contribution in [0.4, 0.5) is 5.82 Å². The van der Waals surface area contributed by atoms with Crippen LogP contribution in [0, 0.1) is 0 Å². The monoisotopic (exact) mass is 257 g/mol. The lowest BCUT2D eigenvalue weighted by Crippen LogP contribution is -2.32. The first-order chi connectivity index (χ1) is 7.88. The van der Waals surface area contributed by atoms with Gasteiger partial charge < -0.3 is 4.98 Å². The quantitative estimate of drug-likeness (QED) is 0.690. The molecule has 1 aliphatic heterocycles. The molecule has 0 aromatic carbocycles. The van der Waals surface area contributed by atoms with Crippen molar-refractivity contribution in [3.63, 3.8) is 0 Å². The molecular weight excluding hydrogens is 246 g/mol. The number of nitrogens with one attached hydrogen (secondary N) is 1. The van der Waals surface area contributed by atoms with Crippen molar-refractivity contribution >= 4 is 21.7 Å². The third-order valence-corrected chi connectivity index (χ3v) is 3.85. The molecule has 0 spiro atoms. The molecule has 0 saturated carbocycles. The number of hydrogen-bond acceptors (Lipinski definition) is 4. The number of aromatic nitrogens is 1. The molecule has 0 aliphatic carbocycles. The van der Waals surface area contributed by atoms with E-state index in [-0.39, 0.29) is 30.1 Å². The molecule has 0 radical (unpaired) electrons. The van der Waals surface area contributed by atoms with E-state index in [2.05, 4.69) is 4.98 Å². The summed E-state index contributed by atoms with van der Waals surface area (Å²) in [4.78, 5) is 26.7. The molecule has 92 valence electrons. The molecule has 1 aromatic heterocycles. The van der Waals surface area contributed by atoms with Crippen molar-refractivity contribution in [2.75, 3.05) is 11.4 Å². The minimum Gasteiger partial charge on any atom is -0.348 e. The average molecular weight is 257 g/mol. The Hall–Kier alpha value is -1.67. The Morgan fingerprint density at radius 1 is 1.41 bits per heavy atom. The molecule has 8 heteroatoms. The Labute approximate surface area is 97.3 Å². The van der Waals surface area contributed by atoms with Crippen LogP contribution >= 0.6 is 0 Å². The van der Waals surface area contributed by atoms with E-state index in [4.69, 9.17) is 5.14 Å². The summed E-state index contributed by atoms with van der Waals surface area (Å²) in [6.07, 6.45) is 1.24. The minimum absolute atomic E-state index is 0.0301. The molecule has 1 unspecified atom stereocenters. The summed E-state index contributed by atoms with van der Waals surface area (Å²) in [6, 6.07) is 2.55. The fourth-order valence-corrected chi connectivity index (χ4v) is 2.45. The number of pyridine rings is 1. The fraction of sp³-hybridized carbons (Fsp3) is 0.333. The minimum atomic E-state index is -3.74. The fourth-order valence-electron chi connectivity index (χ4n) is 1.72. The number of primary sulfonamides is 1. The summed E-state index contributed by atoms with van der Waals surface area (Å²) >= 11 is 0. The summed E-state index contributed by atoms with van der Waals surface area (Å²) in [6.45, 7) is -0.0301. The Morgan fingerprint density at radius 2 is 2.12 bits per heavy atom. The second-order valence-electron chi connectivity index (χ2n) is 3.83. The third-order valence-electron chi connectivity index (χ3n) is 2.60. The highest BCUT2D eigenvalue weighted by Crippen LogP contribution is 2.21. The van der Waals surface area contributed by atoms with Gasteiger partial charge in [0.2, 0.25) is 15.9 Å². The highest BCUT2D eigenvalue weighted by atomic mass is 32.2. The first kappa shape index (κ1) is 11.8. The second-order valence-corrected chi connectivity index (χ2v) is 5.67. The Balaban J connectivity index is 2.31. The van der Waals surface area contributed by atoms with Gasteiger partial charge >= 0.3 is 0 Å². The highest BCUT2D eigenvalue weighted by Gasteiger charge is 2.37. The summed E-state index contributed by atoms with van der Waals surface area (Å²) in [7, 11) is -3.74. The van der Waals surface area contributed by atoms with Gasteiger partial charge in [-0.1, -0.05) is 0 Å². The zero-order chi connectivity index (χ0) is 12.6. The van der Waals surface area contributed by atoms with Crippen LogP contribution in [0.25, 0.3) is 0 Å². The van der Waals surface area contributed by atoms with E-state index in [1.54, 1.807) is 0 Å². The van der Waals surface area contributed by atoms with Gasteiger partial charge in [0.05, 0.1) is 0 Å². The van der Waals surface area contributed by atoms with Gasteiger partial charge in [0.15, 0.2) is 5.43 Å². The van der Waals surface area contributed by atoms with Gasteiger partial charge in [-0.15, -0.1) is 0 Å². The lowest BCUT2D eigenvalue weighted by Gasteiger charge is -2.15. The molecule has 0 bridgehead atoms. The summed E-state index contributed by atoms with van der Waals surface area (Å²) in [5.74, 6) is -0.0838. The number of amides is 1. The van der Waals surface area contributed by atoms with Crippen molar-refractivity contribution in [3.8, 4) is 0 Å². The number of aromatic amines is 1. The predicted octanol–water partition coefficient (Wildman–Crippen LogP) is -1.23. The second kappa shape index (κ2) is 3.97. The zero-order valence-corrected chi connectivity index (χ0v) is 9.61. The number of nitrogens with zero attached hydrogens (tertiary/aromatic N) is 1. The molecule has 2 rings (SSSR count). The average Bonchev–Trinajstić information content (AvgIpc) is 2.60. The number of nitrogens with two attached hydrogens (primary N) is 1. The van der Waals surface area contributed by atoms with E-state index in [9.17, 15) is 18.0 Å². The Bertz CT molecular complexity index is 607. The molecule has 17 heavy (non-hydrogen) atoms. The number of carbonyl (C=O) groups is 1. The van der Waals surface area contributed by atoms with E-state index in [0.29, 0.717) is 0 Å². The van der Waals surface area contributed by atoms with E-state index < -0.39 is 15.3 Å². The van der Waals surface area contributed by atoms with Crippen LogP contribution in [-0.4, -0.2) is 31.1 Å². The molecule has 1 aromatic rings. The standard InChI is InChI=1S/C9H11N3O4S/c10-17(15,16)7-4-9(14)12(5-7)8-3-6(13)1-2-11-8/h1-3,7H,4-5H2,(H,11,13)(H2,10,15,16). The summed E-state index contributed by atoms with van der Waals surface area (Å²) < 4.78 is 22.3. The van der Waals surface area contributed by atoms with E-state index >= 15 is 0 Å². The lowest BCUT2D eigenvalue weighted by molar-refractivity contribution is -0.117. The van der Waals surface area contributed by atoms with Crippen LogP contribution in [0.5, 0.6) is 0 Å². The van der Waals surface area contributed by atoms with Crippen LogP contribution in [0.15, 0.2) is 23.1 Å². The van der Waals surface area contributed by atoms with Crippen LogP contribution < -0.4 is 15.5 Å². The molecule has 1 fully saturated rings. The van der Waals surface area contributed by atoms with Crippen LogP contribution in [-0.2, 0) is 14.8 Å². The van der Waals surface area contributed by atoms with E-state index in [1.165, 1.54) is 23.2 Å². The van der Waals surface area contributed by atoms with Crippen LogP contribution in [0.3, 0.4) is 0 Å². The van der Waals surface area contributed by atoms with Gasteiger partial charge in [0.25, 0.3) is 0 Å². The SMILES string of the molecule is NS(=O)(=O)C1CC(=O)N(c2cc(=O)cc[nH]2)C1. The molecule has 7 nitrogen and oxygen atoms in total. The van der Waals surface area contributed by atoms with Gasteiger partial charge in [0.1, 0.15) is 11.1 Å². The predicted molar refractivity (Wildman–Crippen MR) is 60.9 cm³/mol. The molecule has 1 amide bonds. The van der Waals surface area contributed by atoms with Gasteiger partial charge in [0, 0.05) is 31.3 Å². The van der Waals surface area contributed by atoms with Crippen molar-refractivity contribution < 1.29 is 13.2 Å². The van der Waals surface area contributed by atoms with Crippen LogP contribution in [0.1, 0.15) is 6.42 Å². The number of sulfonamides is 1. The van der Waals surface area contributed by atoms with Gasteiger partial charge in [-0.05, 0) is 0 Å². The topological polar surface area (TPSA) is 113 Å². The van der Waals surface area contributed by atoms with Gasteiger partial charge in [-0.25, -0.2) is 13.6 Å². The van der Waals surface area contributed by atoms with Crippen molar-refractivity contribution in [2.45, 2.75) is 11.7 Å². The van der Waals surface area contributed by atoms with Crippen molar-refractivity contribution in [1.29, 1.82) is 0 Å². The van der Waals surface area contributed by atoms with Gasteiger partial charge in [-0.3, -0.25) is 14.5 Å².